The van der Waals surface area contributed by atoms with Crippen molar-refractivity contribution in [3.8, 4) is 11.8 Å². The van der Waals surface area contributed by atoms with Crippen LogP contribution in [-0.2, 0) is 17.8 Å². The SMILES string of the molecule is N#Cc1ccc(OCc2ccccc2CC(=O)O)cc1. The van der Waals surface area contributed by atoms with Crippen LogP contribution in [0.1, 0.15) is 16.7 Å². The van der Waals surface area contributed by atoms with E-state index in [1.165, 1.54) is 0 Å². The van der Waals surface area contributed by atoms with E-state index >= 15 is 0 Å². The minimum atomic E-state index is -0.865. The second-order valence-electron chi connectivity index (χ2n) is 4.26. The molecule has 0 aliphatic carbocycles. The van der Waals surface area contributed by atoms with Crippen LogP contribution in [0.15, 0.2) is 48.5 Å². The molecule has 1 N–H and O–H groups in total. The maximum absolute atomic E-state index is 10.8. The highest BCUT2D eigenvalue weighted by Gasteiger charge is 2.06. The Balaban J connectivity index is 2.06. The van der Waals surface area contributed by atoms with Gasteiger partial charge in [0.15, 0.2) is 0 Å². The lowest BCUT2D eigenvalue weighted by molar-refractivity contribution is -0.136. The van der Waals surface area contributed by atoms with Gasteiger partial charge in [-0.1, -0.05) is 24.3 Å². The van der Waals surface area contributed by atoms with Crippen molar-refractivity contribution >= 4 is 5.97 Å². The predicted octanol–water partition coefficient (Wildman–Crippen LogP) is 2.76. The zero-order valence-electron chi connectivity index (χ0n) is 10.7. The second-order valence-corrected chi connectivity index (χ2v) is 4.26. The lowest BCUT2D eigenvalue weighted by Gasteiger charge is -2.10. The van der Waals surface area contributed by atoms with Gasteiger partial charge in [-0.05, 0) is 35.4 Å². The Morgan fingerprint density at radius 2 is 1.75 bits per heavy atom. The van der Waals surface area contributed by atoms with Gasteiger partial charge in [0.1, 0.15) is 12.4 Å². The minimum Gasteiger partial charge on any atom is -0.489 e. The normalized spacial score (nSPS) is 9.75. The number of ether oxygens (including phenoxy) is 1. The summed E-state index contributed by atoms with van der Waals surface area (Å²) in [6.07, 6.45) is -0.0209. The third-order valence-electron chi connectivity index (χ3n) is 2.84. The van der Waals surface area contributed by atoms with E-state index in [1.54, 1.807) is 30.3 Å². The Morgan fingerprint density at radius 3 is 2.35 bits per heavy atom. The molecule has 2 aromatic carbocycles. The lowest BCUT2D eigenvalue weighted by atomic mass is 10.1. The van der Waals surface area contributed by atoms with E-state index < -0.39 is 5.97 Å². The minimum absolute atomic E-state index is 0.0209. The second kappa shape index (κ2) is 6.39. The molecule has 0 saturated carbocycles. The van der Waals surface area contributed by atoms with E-state index in [1.807, 2.05) is 24.3 Å². The van der Waals surface area contributed by atoms with Crippen molar-refractivity contribution in [3.05, 3.63) is 65.2 Å². The van der Waals surface area contributed by atoms with Gasteiger partial charge in [0.2, 0.25) is 0 Å². The highest BCUT2D eigenvalue weighted by Crippen LogP contribution is 2.16. The average Bonchev–Trinajstić information content (AvgIpc) is 2.46. The van der Waals surface area contributed by atoms with Gasteiger partial charge >= 0.3 is 5.97 Å². The summed E-state index contributed by atoms with van der Waals surface area (Å²) in [5.41, 5.74) is 2.16. The average molecular weight is 267 g/mol. The summed E-state index contributed by atoms with van der Waals surface area (Å²) in [6.45, 7) is 0.301. The molecule has 2 aromatic rings. The van der Waals surface area contributed by atoms with Gasteiger partial charge in [-0.2, -0.15) is 5.26 Å². The van der Waals surface area contributed by atoms with Gasteiger partial charge in [0, 0.05) is 0 Å². The number of aliphatic carboxylic acids is 1. The molecule has 0 aliphatic rings. The molecule has 0 atom stereocenters. The zero-order valence-corrected chi connectivity index (χ0v) is 10.7. The van der Waals surface area contributed by atoms with Gasteiger partial charge < -0.3 is 9.84 Å². The number of hydrogen-bond donors (Lipinski definition) is 1. The number of rotatable bonds is 5. The van der Waals surface area contributed by atoms with Crippen LogP contribution in [0.2, 0.25) is 0 Å². The van der Waals surface area contributed by atoms with Gasteiger partial charge in [-0.3, -0.25) is 4.79 Å². The molecule has 4 heteroatoms. The van der Waals surface area contributed by atoms with E-state index in [0.717, 1.165) is 11.1 Å². The number of benzene rings is 2. The van der Waals surface area contributed by atoms with Crippen LogP contribution in [0.4, 0.5) is 0 Å². The van der Waals surface area contributed by atoms with Gasteiger partial charge in [-0.15, -0.1) is 0 Å². The molecule has 0 spiro atoms. The number of carboxylic acids is 1. The smallest absolute Gasteiger partial charge is 0.307 e. The van der Waals surface area contributed by atoms with Gasteiger partial charge in [-0.25, -0.2) is 0 Å². The van der Waals surface area contributed by atoms with E-state index in [-0.39, 0.29) is 6.42 Å². The first-order valence-electron chi connectivity index (χ1n) is 6.10. The molecule has 0 radical (unpaired) electrons. The monoisotopic (exact) mass is 267 g/mol. The van der Waals surface area contributed by atoms with Crippen molar-refractivity contribution in [1.29, 1.82) is 5.26 Å². The molecule has 100 valence electrons. The highest BCUT2D eigenvalue weighted by atomic mass is 16.5. The van der Waals surface area contributed by atoms with Crippen LogP contribution in [0, 0.1) is 11.3 Å². The van der Waals surface area contributed by atoms with E-state index in [9.17, 15) is 4.79 Å². The summed E-state index contributed by atoms with van der Waals surface area (Å²) >= 11 is 0. The van der Waals surface area contributed by atoms with Crippen LogP contribution >= 0.6 is 0 Å². The van der Waals surface area contributed by atoms with Crippen molar-refractivity contribution < 1.29 is 14.6 Å². The molecule has 0 fully saturated rings. The molecule has 20 heavy (non-hydrogen) atoms. The molecule has 0 unspecified atom stereocenters. The van der Waals surface area contributed by atoms with Crippen molar-refractivity contribution in [2.24, 2.45) is 0 Å². The number of nitrogens with zero attached hydrogens (tertiary/aromatic N) is 1. The van der Waals surface area contributed by atoms with E-state index in [4.69, 9.17) is 15.1 Å². The van der Waals surface area contributed by atoms with Crippen LogP contribution in [0.5, 0.6) is 5.75 Å². The molecular weight excluding hydrogens is 254 g/mol. The summed E-state index contributed by atoms with van der Waals surface area (Å²) in [4.78, 5) is 10.8. The zero-order chi connectivity index (χ0) is 14.4. The van der Waals surface area contributed by atoms with Crippen molar-refractivity contribution in [1.82, 2.24) is 0 Å². The third-order valence-corrected chi connectivity index (χ3v) is 2.84. The first-order valence-corrected chi connectivity index (χ1v) is 6.10. The molecule has 4 nitrogen and oxygen atoms in total. The Labute approximate surface area is 116 Å². The Hall–Kier alpha value is -2.80. The number of carboxylic acid groups (broad SMARTS) is 1. The molecule has 0 heterocycles. The maximum Gasteiger partial charge on any atom is 0.307 e. The first kappa shape index (κ1) is 13.6. The van der Waals surface area contributed by atoms with Crippen LogP contribution < -0.4 is 4.74 Å². The van der Waals surface area contributed by atoms with Crippen LogP contribution in [-0.4, -0.2) is 11.1 Å². The molecule has 0 bridgehead atoms. The van der Waals surface area contributed by atoms with Crippen molar-refractivity contribution in [2.45, 2.75) is 13.0 Å². The molecule has 0 saturated heterocycles. The molecule has 0 aromatic heterocycles. The summed E-state index contributed by atoms with van der Waals surface area (Å²) in [7, 11) is 0. The first-order chi connectivity index (χ1) is 9.69. The fraction of sp³-hybridized carbons (Fsp3) is 0.125. The molecule has 0 amide bonds. The fourth-order valence-corrected chi connectivity index (χ4v) is 1.82. The molecule has 2 rings (SSSR count). The maximum atomic E-state index is 10.8. The molecule has 0 aliphatic heterocycles. The van der Waals surface area contributed by atoms with Gasteiger partial charge in [0.05, 0.1) is 18.1 Å². The topological polar surface area (TPSA) is 70.3 Å². The summed E-state index contributed by atoms with van der Waals surface area (Å²) in [6, 6.07) is 16.1. The summed E-state index contributed by atoms with van der Waals surface area (Å²) in [5.74, 6) is -0.218. The standard InChI is InChI=1S/C16H13NO3/c17-10-12-5-7-15(8-6-12)20-11-14-4-2-1-3-13(14)9-16(18)19/h1-8H,9,11H2,(H,18,19). The third kappa shape index (κ3) is 3.59. The Kier molecular flexibility index (Phi) is 4.35. The Bertz CT molecular complexity index is 642. The summed E-state index contributed by atoms with van der Waals surface area (Å²) < 4.78 is 5.61. The van der Waals surface area contributed by atoms with Crippen molar-refractivity contribution in [2.75, 3.05) is 0 Å². The highest BCUT2D eigenvalue weighted by molar-refractivity contribution is 5.70. The Morgan fingerprint density at radius 1 is 1.10 bits per heavy atom. The lowest BCUT2D eigenvalue weighted by Crippen LogP contribution is -2.05. The van der Waals surface area contributed by atoms with E-state index in [0.29, 0.717) is 17.9 Å². The summed E-state index contributed by atoms with van der Waals surface area (Å²) in [5, 5.41) is 17.6. The number of nitriles is 1. The number of carbonyl (C=O) groups is 1. The predicted molar refractivity (Wildman–Crippen MR) is 73.3 cm³/mol. The fourth-order valence-electron chi connectivity index (χ4n) is 1.82. The van der Waals surface area contributed by atoms with Crippen LogP contribution in [0.3, 0.4) is 0 Å². The molecular formula is C16H13NO3. The van der Waals surface area contributed by atoms with Gasteiger partial charge in [0.25, 0.3) is 0 Å². The van der Waals surface area contributed by atoms with E-state index in [2.05, 4.69) is 0 Å². The number of hydrogen-bond acceptors (Lipinski definition) is 3. The van der Waals surface area contributed by atoms with Crippen LogP contribution in [0.25, 0.3) is 0 Å². The van der Waals surface area contributed by atoms with Crippen molar-refractivity contribution in [3.63, 3.8) is 0 Å². The largest absolute Gasteiger partial charge is 0.489 e. The quantitative estimate of drug-likeness (QED) is 0.904.